The summed E-state index contributed by atoms with van der Waals surface area (Å²) in [5, 5.41) is 2.93. The third kappa shape index (κ3) is 5.23. The lowest BCUT2D eigenvalue weighted by Crippen LogP contribution is -2.16. The first-order valence-corrected chi connectivity index (χ1v) is 10.3. The molecule has 3 aromatic rings. The van der Waals surface area contributed by atoms with Gasteiger partial charge in [0.1, 0.15) is 25.6 Å². The van der Waals surface area contributed by atoms with Gasteiger partial charge in [0.05, 0.1) is 24.3 Å². The third-order valence-electron chi connectivity index (χ3n) is 4.21. The van der Waals surface area contributed by atoms with Crippen LogP contribution in [-0.2, 0) is 11.3 Å². The monoisotopic (exact) mass is 411 g/mol. The molecule has 2 aromatic carbocycles. The number of nitrogens with one attached hydrogen (secondary N) is 1. The van der Waals surface area contributed by atoms with Gasteiger partial charge < -0.3 is 24.1 Å². The van der Waals surface area contributed by atoms with Crippen molar-refractivity contribution in [3.05, 3.63) is 61.2 Å². The highest BCUT2D eigenvalue weighted by molar-refractivity contribution is 8.00. The second kappa shape index (κ2) is 9.38. The van der Waals surface area contributed by atoms with Gasteiger partial charge in [-0.15, -0.1) is 11.8 Å². The van der Waals surface area contributed by atoms with Gasteiger partial charge in [-0.05, 0) is 30.3 Å². The maximum absolute atomic E-state index is 12.4. The van der Waals surface area contributed by atoms with E-state index in [0.29, 0.717) is 37.8 Å². The number of para-hydroxylation sites is 2. The molecule has 4 rings (SSSR count). The number of anilines is 1. The van der Waals surface area contributed by atoms with Crippen LogP contribution in [0, 0.1) is 0 Å². The van der Waals surface area contributed by atoms with Gasteiger partial charge in [-0.25, -0.2) is 4.98 Å². The van der Waals surface area contributed by atoms with Gasteiger partial charge in [0, 0.05) is 17.3 Å². The number of imidazole rings is 1. The first kappa shape index (κ1) is 19.2. The predicted octanol–water partition coefficient (Wildman–Crippen LogP) is 3.46. The van der Waals surface area contributed by atoms with Crippen LogP contribution in [0.15, 0.2) is 66.1 Å². The number of hydrogen-bond acceptors (Lipinski definition) is 6. The highest BCUT2D eigenvalue weighted by Gasteiger charge is 2.13. The fraction of sp³-hybridized carbons (Fsp3) is 0.238. The summed E-state index contributed by atoms with van der Waals surface area (Å²) in [6.07, 6.45) is 5.35. The van der Waals surface area contributed by atoms with Crippen molar-refractivity contribution in [3.8, 4) is 17.2 Å². The van der Waals surface area contributed by atoms with Crippen molar-refractivity contribution in [2.24, 2.45) is 0 Å². The molecule has 8 heteroatoms. The fourth-order valence-electron chi connectivity index (χ4n) is 2.82. The van der Waals surface area contributed by atoms with E-state index in [2.05, 4.69) is 10.3 Å². The zero-order chi connectivity index (χ0) is 19.9. The summed E-state index contributed by atoms with van der Waals surface area (Å²) in [7, 11) is 0. The minimum atomic E-state index is -0.101. The number of ether oxygens (including phenoxy) is 3. The standard InChI is InChI=1S/C21H21N3O4S/c25-21(14-29-16-5-6-19-20(13-16)28-12-11-27-19)23-17-3-1-2-4-18(17)26-10-9-24-8-7-22-15-24/h1-8,13,15H,9-12,14H2,(H,23,25). The Morgan fingerprint density at radius 2 is 2.03 bits per heavy atom. The summed E-state index contributed by atoms with van der Waals surface area (Å²) in [6.45, 7) is 2.27. The van der Waals surface area contributed by atoms with Gasteiger partial charge >= 0.3 is 0 Å². The Hall–Kier alpha value is -3.13. The molecule has 1 aliphatic heterocycles. The van der Waals surface area contributed by atoms with E-state index in [0.717, 1.165) is 16.4 Å². The van der Waals surface area contributed by atoms with Crippen LogP contribution < -0.4 is 19.5 Å². The molecule has 0 saturated heterocycles. The van der Waals surface area contributed by atoms with Crippen LogP contribution in [0.3, 0.4) is 0 Å². The van der Waals surface area contributed by atoms with Crippen LogP contribution in [0.2, 0.25) is 0 Å². The maximum Gasteiger partial charge on any atom is 0.234 e. The molecule has 1 aliphatic rings. The molecule has 1 amide bonds. The molecule has 0 saturated carbocycles. The molecule has 29 heavy (non-hydrogen) atoms. The lowest BCUT2D eigenvalue weighted by molar-refractivity contribution is -0.113. The molecule has 0 spiro atoms. The van der Waals surface area contributed by atoms with E-state index in [4.69, 9.17) is 14.2 Å². The number of hydrogen-bond donors (Lipinski definition) is 1. The van der Waals surface area contributed by atoms with E-state index in [1.54, 1.807) is 12.5 Å². The number of carbonyl (C=O) groups is 1. The normalized spacial score (nSPS) is 12.4. The third-order valence-corrected chi connectivity index (χ3v) is 5.20. The number of fused-ring (bicyclic) bond motifs is 1. The lowest BCUT2D eigenvalue weighted by atomic mass is 10.3. The first-order chi connectivity index (χ1) is 14.3. The number of thioether (sulfide) groups is 1. The summed E-state index contributed by atoms with van der Waals surface area (Å²) < 4.78 is 18.9. The molecule has 0 fully saturated rings. The number of carbonyl (C=O) groups excluding carboxylic acids is 1. The smallest absolute Gasteiger partial charge is 0.234 e. The van der Waals surface area contributed by atoms with E-state index < -0.39 is 0 Å². The quantitative estimate of drug-likeness (QED) is 0.572. The lowest BCUT2D eigenvalue weighted by Gasteiger charge is -2.18. The Morgan fingerprint density at radius 1 is 1.17 bits per heavy atom. The number of benzene rings is 2. The molecule has 0 aliphatic carbocycles. The summed E-state index contributed by atoms with van der Waals surface area (Å²) in [6, 6.07) is 13.1. The summed E-state index contributed by atoms with van der Waals surface area (Å²) in [5.74, 6) is 2.29. The van der Waals surface area contributed by atoms with Crippen molar-refractivity contribution in [3.63, 3.8) is 0 Å². The van der Waals surface area contributed by atoms with Gasteiger partial charge in [0.2, 0.25) is 5.91 Å². The molecule has 1 N–H and O–H groups in total. The van der Waals surface area contributed by atoms with E-state index in [9.17, 15) is 4.79 Å². The Balaban J connectivity index is 1.30. The number of rotatable bonds is 8. The minimum Gasteiger partial charge on any atom is -0.490 e. The van der Waals surface area contributed by atoms with Crippen molar-refractivity contribution in [1.29, 1.82) is 0 Å². The van der Waals surface area contributed by atoms with Crippen LogP contribution in [0.4, 0.5) is 5.69 Å². The summed E-state index contributed by atoms with van der Waals surface area (Å²) >= 11 is 1.44. The maximum atomic E-state index is 12.4. The van der Waals surface area contributed by atoms with Gasteiger partial charge in [-0.3, -0.25) is 4.79 Å². The number of aromatic nitrogens is 2. The topological polar surface area (TPSA) is 74.6 Å². The minimum absolute atomic E-state index is 0.101. The van der Waals surface area contributed by atoms with Gasteiger partial charge in [0.25, 0.3) is 0 Å². The SMILES string of the molecule is O=C(CSc1ccc2c(c1)OCCO2)Nc1ccccc1OCCn1ccnc1. The van der Waals surface area contributed by atoms with Crippen LogP contribution in [0.1, 0.15) is 0 Å². The fourth-order valence-corrected chi connectivity index (χ4v) is 3.55. The van der Waals surface area contributed by atoms with Crippen LogP contribution in [0.5, 0.6) is 17.2 Å². The van der Waals surface area contributed by atoms with E-state index in [1.165, 1.54) is 11.8 Å². The Labute approximate surface area is 173 Å². The van der Waals surface area contributed by atoms with Crippen molar-refractivity contribution in [2.75, 3.05) is 30.9 Å². The van der Waals surface area contributed by atoms with E-state index in [1.807, 2.05) is 53.2 Å². The highest BCUT2D eigenvalue weighted by atomic mass is 32.2. The molecule has 0 bridgehead atoms. The molecular formula is C21H21N3O4S. The van der Waals surface area contributed by atoms with Crippen LogP contribution in [-0.4, -0.2) is 41.0 Å². The molecule has 0 unspecified atom stereocenters. The second-order valence-corrected chi connectivity index (χ2v) is 7.34. The molecule has 0 radical (unpaired) electrons. The van der Waals surface area contributed by atoms with Crippen LogP contribution in [0.25, 0.3) is 0 Å². The zero-order valence-electron chi connectivity index (χ0n) is 15.7. The average Bonchev–Trinajstić information content (AvgIpc) is 3.27. The first-order valence-electron chi connectivity index (χ1n) is 9.28. The molecular weight excluding hydrogens is 390 g/mol. The summed E-state index contributed by atoms with van der Waals surface area (Å²) in [5.41, 5.74) is 0.658. The zero-order valence-corrected chi connectivity index (χ0v) is 16.6. The molecule has 2 heterocycles. The number of nitrogens with zero attached hydrogens (tertiary/aromatic N) is 2. The van der Waals surface area contributed by atoms with Crippen LogP contribution >= 0.6 is 11.8 Å². The van der Waals surface area contributed by atoms with Gasteiger partial charge in [-0.2, -0.15) is 0 Å². The average molecular weight is 411 g/mol. The largest absolute Gasteiger partial charge is 0.490 e. The Morgan fingerprint density at radius 3 is 2.90 bits per heavy atom. The Kier molecular flexibility index (Phi) is 6.21. The van der Waals surface area contributed by atoms with E-state index in [-0.39, 0.29) is 11.7 Å². The second-order valence-electron chi connectivity index (χ2n) is 6.29. The van der Waals surface area contributed by atoms with Crippen molar-refractivity contribution >= 4 is 23.4 Å². The Bertz CT molecular complexity index is 962. The molecule has 1 aromatic heterocycles. The highest BCUT2D eigenvalue weighted by Crippen LogP contribution is 2.34. The number of amides is 1. The van der Waals surface area contributed by atoms with Crippen molar-refractivity contribution < 1.29 is 19.0 Å². The molecule has 0 atom stereocenters. The molecule has 150 valence electrons. The van der Waals surface area contributed by atoms with Gasteiger partial charge in [0.15, 0.2) is 11.5 Å². The predicted molar refractivity (Wildman–Crippen MR) is 111 cm³/mol. The van der Waals surface area contributed by atoms with Crippen molar-refractivity contribution in [2.45, 2.75) is 11.4 Å². The van der Waals surface area contributed by atoms with Gasteiger partial charge in [-0.1, -0.05) is 12.1 Å². The van der Waals surface area contributed by atoms with E-state index >= 15 is 0 Å². The summed E-state index contributed by atoms with van der Waals surface area (Å²) in [4.78, 5) is 17.4. The van der Waals surface area contributed by atoms with Crippen molar-refractivity contribution in [1.82, 2.24) is 9.55 Å². The molecule has 7 nitrogen and oxygen atoms in total.